The number of nitrogens with zero attached hydrogens (tertiary/aromatic N) is 3. The fourth-order valence-corrected chi connectivity index (χ4v) is 11.5. The Morgan fingerprint density at radius 2 is 0.844 bits per heavy atom. The van der Waals surface area contributed by atoms with Crippen LogP contribution in [0.25, 0.3) is 120 Å². The molecular formula is C60H39N3S. The predicted octanol–water partition coefficient (Wildman–Crippen LogP) is 16.3. The molecule has 300 valence electrons. The van der Waals surface area contributed by atoms with Crippen LogP contribution in [0.3, 0.4) is 0 Å². The van der Waals surface area contributed by atoms with Gasteiger partial charge in [-0.2, -0.15) is 0 Å². The van der Waals surface area contributed by atoms with E-state index in [2.05, 4.69) is 196 Å². The molecular weight excluding hydrogens is 795 g/mol. The monoisotopic (exact) mass is 833 g/mol. The highest BCUT2D eigenvalue weighted by molar-refractivity contribution is 7.26. The summed E-state index contributed by atoms with van der Waals surface area (Å²) in [5, 5.41) is 10.2. The molecule has 0 spiro atoms. The zero-order chi connectivity index (χ0) is 42.5. The summed E-state index contributed by atoms with van der Waals surface area (Å²) in [5.74, 6) is 1.96. The highest BCUT2D eigenvalue weighted by Crippen LogP contribution is 2.50. The van der Waals surface area contributed by atoms with Crippen LogP contribution >= 0.6 is 11.3 Å². The molecule has 3 nitrogen and oxygen atoms in total. The lowest BCUT2D eigenvalue weighted by molar-refractivity contribution is 0.660. The quantitative estimate of drug-likeness (QED) is 0.162. The summed E-state index contributed by atoms with van der Waals surface area (Å²) >= 11 is 1.85. The molecule has 1 aliphatic rings. The molecule has 0 aliphatic heterocycles. The average molecular weight is 834 g/mol. The number of thiophene rings is 1. The molecule has 0 radical (unpaired) electrons. The Balaban J connectivity index is 0.975. The van der Waals surface area contributed by atoms with Crippen LogP contribution in [0.2, 0.25) is 0 Å². The second kappa shape index (κ2) is 14.1. The van der Waals surface area contributed by atoms with E-state index in [1.807, 2.05) is 29.5 Å². The standard InChI is InChI=1S/C60H39N3S/c1-60(2)52-25-13-12-22-46(52)47-31-28-39(35-53(47)60)58-61-57(36-15-4-3-5-16-36)62-59(63-58)49-23-11-10-21-44(49)48-24-14-26-55-56(48)51-34-38(29-32-54(51)64-55)37-27-30-45-42-19-7-6-17-40(42)41-18-8-9-20-43(41)50(45)33-37/h3-35H,1-2H3. The van der Waals surface area contributed by atoms with Gasteiger partial charge in [-0.05, 0) is 107 Å². The third-order valence-electron chi connectivity index (χ3n) is 13.5. The summed E-state index contributed by atoms with van der Waals surface area (Å²) in [6.45, 7) is 4.63. The van der Waals surface area contributed by atoms with Crippen molar-refractivity contribution in [3.8, 4) is 67.5 Å². The number of rotatable bonds is 5. The molecule has 12 aromatic rings. The number of hydrogen-bond acceptors (Lipinski definition) is 4. The molecule has 0 saturated heterocycles. The van der Waals surface area contributed by atoms with E-state index in [4.69, 9.17) is 15.0 Å². The van der Waals surface area contributed by atoms with Crippen molar-refractivity contribution >= 4 is 63.8 Å². The van der Waals surface area contributed by atoms with Crippen molar-refractivity contribution in [3.63, 3.8) is 0 Å². The van der Waals surface area contributed by atoms with Crippen LogP contribution in [0.4, 0.5) is 0 Å². The highest BCUT2D eigenvalue weighted by Gasteiger charge is 2.35. The van der Waals surface area contributed by atoms with Crippen LogP contribution in [0.5, 0.6) is 0 Å². The van der Waals surface area contributed by atoms with Crippen LogP contribution in [0, 0.1) is 0 Å². The van der Waals surface area contributed by atoms with Crippen LogP contribution in [-0.2, 0) is 5.41 Å². The van der Waals surface area contributed by atoms with Crippen LogP contribution in [0.15, 0.2) is 200 Å². The Kier molecular flexibility index (Phi) is 8.12. The SMILES string of the molecule is CC1(C)c2ccccc2-c2ccc(-c3nc(-c4ccccc4)nc(-c4ccccc4-c4cccc5sc6ccc(-c7ccc8c9ccccc9c9ccccc9c8c7)cc6c45)n3)cc21. The molecule has 64 heavy (non-hydrogen) atoms. The zero-order valence-corrected chi connectivity index (χ0v) is 36.1. The molecule has 0 amide bonds. The maximum atomic E-state index is 5.34. The van der Waals surface area contributed by atoms with Gasteiger partial charge < -0.3 is 0 Å². The smallest absolute Gasteiger partial charge is 0.164 e. The second-order valence-electron chi connectivity index (χ2n) is 17.5. The lowest BCUT2D eigenvalue weighted by Crippen LogP contribution is -2.15. The van der Waals surface area contributed by atoms with Crippen LogP contribution in [-0.4, -0.2) is 15.0 Å². The fourth-order valence-electron chi connectivity index (χ4n) is 10.4. The van der Waals surface area contributed by atoms with E-state index < -0.39 is 0 Å². The van der Waals surface area contributed by atoms with Gasteiger partial charge in [0.05, 0.1) is 0 Å². The molecule has 4 heteroatoms. The Morgan fingerprint density at radius 1 is 0.312 bits per heavy atom. The van der Waals surface area contributed by atoms with E-state index in [0.29, 0.717) is 17.5 Å². The maximum Gasteiger partial charge on any atom is 0.164 e. The topological polar surface area (TPSA) is 38.7 Å². The van der Waals surface area contributed by atoms with Gasteiger partial charge in [-0.3, -0.25) is 0 Å². The first-order valence-corrected chi connectivity index (χ1v) is 22.7. The Labute approximate surface area is 375 Å². The average Bonchev–Trinajstić information content (AvgIpc) is 3.85. The molecule has 1 aliphatic carbocycles. The first-order valence-electron chi connectivity index (χ1n) is 21.9. The van der Waals surface area contributed by atoms with Gasteiger partial charge in [-0.15, -0.1) is 11.3 Å². The van der Waals surface area contributed by atoms with Crippen molar-refractivity contribution < 1.29 is 0 Å². The zero-order valence-electron chi connectivity index (χ0n) is 35.3. The third-order valence-corrected chi connectivity index (χ3v) is 14.7. The van der Waals surface area contributed by atoms with Crippen molar-refractivity contribution in [3.05, 3.63) is 211 Å². The van der Waals surface area contributed by atoms with Crippen LogP contribution < -0.4 is 0 Å². The van der Waals surface area contributed by atoms with Gasteiger partial charge in [-0.1, -0.05) is 184 Å². The normalized spacial score (nSPS) is 13.0. The molecule has 0 bridgehead atoms. The summed E-state index contributed by atoms with van der Waals surface area (Å²) in [7, 11) is 0. The van der Waals surface area contributed by atoms with E-state index in [0.717, 1.165) is 27.8 Å². The first-order chi connectivity index (χ1) is 31.5. The summed E-state index contributed by atoms with van der Waals surface area (Å²) in [6.07, 6.45) is 0. The molecule has 0 atom stereocenters. The van der Waals surface area contributed by atoms with Gasteiger partial charge in [0, 0.05) is 42.3 Å². The number of aromatic nitrogens is 3. The Hall–Kier alpha value is -7.79. The van der Waals surface area contributed by atoms with Crippen molar-refractivity contribution in [1.82, 2.24) is 15.0 Å². The van der Waals surface area contributed by atoms with E-state index >= 15 is 0 Å². The van der Waals surface area contributed by atoms with Gasteiger partial charge in [0.1, 0.15) is 0 Å². The molecule has 10 aromatic carbocycles. The predicted molar refractivity (Wildman–Crippen MR) is 270 cm³/mol. The van der Waals surface area contributed by atoms with Gasteiger partial charge in [0.2, 0.25) is 0 Å². The van der Waals surface area contributed by atoms with E-state index in [1.165, 1.54) is 85.9 Å². The first kappa shape index (κ1) is 36.8. The molecule has 2 heterocycles. The largest absolute Gasteiger partial charge is 0.208 e. The van der Waals surface area contributed by atoms with Gasteiger partial charge in [0.15, 0.2) is 17.5 Å². The molecule has 0 saturated carbocycles. The van der Waals surface area contributed by atoms with Crippen LogP contribution in [0.1, 0.15) is 25.0 Å². The number of benzene rings is 10. The van der Waals surface area contributed by atoms with Gasteiger partial charge in [0.25, 0.3) is 0 Å². The van der Waals surface area contributed by atoms with Crippen molar-refractivity contribution in [1.29, 1.82) is 0 Å². The second-order valence-corrected chi connectivity index (χ2v) is 18.6. The van der Waals surface area contributed by atoms with E-state index in [9.17, 15) is 0 Å². The maximum absolute atomic E-state index is 5.34. The van der Waals surface area contributed by atoms with Gasteiger partial charge >= 0.3 is 0 Å². The summed E-state index contributed by atoms with van der Waals surface area (Å²) in [6, 6.07) is 72.6. The Morgan fingerprint density at radius 3 is 1.59 bits per heavy atom. The summed E-state index contributed by atoms with van der Waals surface area (Å²) in [4.78, 5) is 15.8. The lowest BCUT2D eigenvalue weighted by atomic mass is 9.82. The minimum atomic E-state index is -0.147. The van der Waals surface area contributed by atoms with Crippen molar-refractivity contribution in [2.75, 3.05) is 0 Å². The Bertz CT molecular complexity index is 3850. The minimum Gasteiger partial charge on any atom is -0.208 e. The minimum absolute atomic E-state index is 0.147. The van der Waals surface area contributed by atoms with Crippen molar-refractivity contribution in [2.24, 2.45) is 0 Å². The molecule has 0 unspecified atom stereocenters. The van der Waals surface area contributed by atoms with Gasteiger partial charge in [-0.25, -0.2) is 15.0 Å². The fraction of sp³-hybridized carbons (Fsp3) is 0.0500. The highest BCUT2D eigenvalue weighted by atomic mass is 32.1. The lowest BCUT2D eigenvalue weighted by Gasteiger charge is -2.21. The molecule has 2 aromatic heterocycles. The molecule has 0 N–H and O–H groups in total. The molecule has 0 fully saturated rings. The van der Waals surface area contributed by atoms with Crippen molar-refractivity contribution in [2.45, 2.75) is 19.3 Å². The summed E-state index contributed by atoms with van der Waals surface area (Å²) in [5.41, 5.74) is 12.6. The number of hydrogen-bond donors (Lipinski definition) is 0. The van der Waals surface area contributed by atoms with E-state index in [1.54, 1.807) is 0 Å². The van der Waals surface area contributed by atoms with E-state index in [-0.39, 0.29) is 5.41 Å². The third kappa shape index (κ3) is 5.62. The molecule has 13 rings (SSSR count). The summed E-state index contributed by atoms with van der Waals surface area (Å²) < 4.78 is 2.51. The number of fused-ring (bicyclic) bond motifs is 12.